The summed E-state index contributed by atoms with van der Waals surface area (Å²) in [6.07, 6.45) is 2.46. The van der Waals surface area contributed by atoms with Gasteiger partial charge in [-0.1, -0.05) is 18.5 Å². The van der Waals surface area contributed by atoms with Crippen molar-refractivity contribution in [3.63, 3.8) is 0 Å². The van der Waals surface area contributed by atoms with Crippen molar-refractivity contribution in [1.82, 2.24) is 0 Å². The van der Waals surface area contributed by atoms with E-state index in [2.05, 4.69) is 6.92 Å². The van der Waals surface area contributed by atoms with Crippen LogP contribution in [0.25, 0.3) is 0 Å². The molecule has 1 aromatic rings. The van der Waals surface area contributed by atoms with Crippen molar-refractivity contribution < 1.29 is 14.7 Å². The molecule has 1 aromatic carbocycles. The second-order valence-corrected chi connectivity index (χ2v) is 6.21. The summed E-state index contributed by atoms with van der Waals surface area (Å²) in [5.41, 5.74) is 0.203. The third-order valence-electron chi connectivity index (χ3n) is 4.37. The van der Waals surface area contributed by atoms with Crippen LogP contribution < -0.4 is 4.90 Å². The second kappa shape index (κ2) is 4.77. The fourth-order valence-electron chi connectivity index (χ4n) is 3.30. The number of fused-ring (bicyclic) bond motifs is 1. The molecular weight excluding hydrogens is 278 g/mol. The standard InChI is InChI=1S/C15H16ClNO3/c1-8-2-4-10-11(6-8)15(20)17(14(10)19)12-7-9(16)3-5-13(12)18/h3,5,7-8,10-11,18H,2,4,6H2,1H3/t8-,10+,11-/m1/s1. The second-order valence-electron chi connectivity index (χ2n) is 5.78. The minimum atomic E-state index is -0.246. The molecule has 0 unspecified atom stereocenters. The summed E-state index contributed by atoms with van der Waals surface area (Å²) in [5.74, 6) is -0.529. The van der Waals surface area contributed by atoms with Crippen LogP contribution in [-0.2, 0) is 9.59 Å². The zero-order valence-corrected chi connectivity index (χ0v) is 11.9. The van der Waals surface area contributed by atoms with E-state index < -0.39 is 0 Å². The van der Waals surface area contributed by atoms with Crippen LogP contribution in [0, 0.1) is 17.8 Å². The number of amides is 2. The summed E-state index contributed by atoms with van der Waals surface area (Å²) >= 11 is 5.91. The van der Waals surface area contributed by atoms with Crippen molar-refractivity contribution in [3.8, 4) is 5.75 Å². The minimum absolute atomic E-state index is 0.0946. The van der Waals surface area contributed by atoms with Crippen molar-refractivity contribution in [3.05, 3.63) is 23.2 Å². The lowest BCUT2D eigenvalue weighted by atomic mass is 9.76. The maximum atomic E-state index is 12.5. The normalized spacial score (nSPS) is 29.7. The maximum absolute atomic E-state index is 12.5. The zero-order valence-electron chi connectivity index (χ0n) is 11.2. The topological polar surface area (TPSA) is 57.6 Å². The van der Waals surface area contributed by atoms with Gasteiger partial charge in [0.15, 0.2) is 0 Å². The van der Waals surface area contributed by atoms with Gasteiger partial charge in [0, 0.05) is 5.02 Å². The van der Waals surface area contributed by atoms with E-state index in [1.165, 1.54) is 18.2 Å². The summed E-state index contributed by atoms with van der Waals surface area (Å²) in [7, 11) is 0. The lowest BCUT2D eigenvalue weighted by molar-refractivity contribution is -0.122. The van der Waals surface area contributed by atoms with Gasteiger partial charge in [0.05, 0.1) is 17.5 Å². The monoisotopic (exact) mass is 293 g/mol. The summed E-state index contributed by atoms with van der Waals surface area (Å²) in [4.78, 5) is 26.1. The van der Waals surface area contributed by atoms with Crippen molar-refractivity contribution >= 4 is 29.1 Å². The first-order valence-corrected chi connectivity index (χ1v) is 7.23. The first kappa shape index (κ1) is 13.4. The highest BCUT2D eigenvalue weighted by atomic mass is 35.5. The molecule has 106 valence electrons. The molecule has 1 aliphatic heterocycles. The van der Waals surface area contributed by atoms with Gasteiger partial charge in [-0.25, -0.2) is 4.90 Å². The molecule has 0 aromatic heterocycles. The third kappa shape index (κ3) is 1.99. The van der Waals surface area contributed by atoms with Crippen LogP contribution in [0.4, 0.5) is 5.69 Å². The van der Waals surface area contributed by atoms with Gasteiger partial charge >= 0.3 is 0 Å². The number of phenols is 1. The Morgan fingerprint density at radius 1 is 1.20 bits per heavy atom. The molecule has 3 atom stereocenters. The van der Waals surface area contributed by atoms with Crippen molar-refractivity contribution in [2.24, 2.45) is 17.8 Å². The first-order valence-electron chi connectivity index (χ1n) is 6.85. The highest BCUT2D eigenvalue weighted by molar-refractivity contribution is 6.31. The number of nitrogens with zero attached hydrogens (tertiary/aromatic N) is 1. The van der Waals surface area contributed by atoms with Crippen LogP contribution >= 0.6 is 11.6 Å². The summed E-state index contributed by atoms with van der Waals surface area (Å²) in [6, 6.07) is 4.40. The molecule has 0 bridgehead atoms. The predicted molar refractivity (Wildman–Crippen MR) is 75.6 cm³/mol. The van der Waals surface area contributed by atoms with Crippen molar-refractivity contribution in [2.75, 3.05) is 4.90 Å². The Labute approximate surface area is 122 Å². The maximum Gasteiger partial charge on any atom is 0.237 e. The van der Waals surface area contributed by atoms with Gasteiger partial charge in [-0.15, -0.1) is 0 Å². The SMILES string of the molecule is C[C@@H]1CC[C@@H]2C(=O)N(c3cc(Cl)ccc3O)C(=O)[C@@H]2C1. The van der Waals surface area contributed by atoms with Gasteiger partial charge in [0.1, 0.15) is 5.75 Å². The van der Waals surface area contributed by atoms with Crippen LogP contribution in [0.5, 0.6) is 5.75 Å². The summed E-state index contributed by atoms with van der Waals surface area (Å²) in [5, 5.41) is 10.3. The molecule has 0 radical (unpaired) electrons. The fraction of sp³-hybridized carbons (Fsp3) is 0.467. The van der Waals surface area contributed by atoms with Crippen molar-refractivity contribution in [2.45, 2.75) is 26.2 Å². The van der Waals surface area contributed by atoms with Gasteiger partial charge < -0.3 is 5.11 Å². The van der Waals surface area contributed by atoms with Crippen LogP contribution in [0.1, 0.15) is 26.2 Å². The Kier molecular flexibility index (Phi) is 3.21. The number of carbonyl (C=O) groups excluding carboxylic acids is 2. The van der Waals surface area contributed by atoms with E-state index in [1.807, 2.05) is 0 Å². The quantitative estimate of drug-likeness (QED) is 0.810. The first-order chi connectivity index (χ1) is 9.49. The molecule has 20 heavy (non-hydrogen) atoms. The minimum Gasteiger partial charge on any atom is -0.506 e. The molecule has 5 heteroatoms. The highest BCUT2D eigenvalue weighted by Crippen LogP contribution is 2.44. The Morgan fingerprint density at radius 3 is 2.65 bits per heavy atom. The van der Waals surface area contributed by atoms with E-state index >= 15 is 0 Å². The Bertz CT molecular complexity index is 586. The molecule has 1 N–H and O–H groups in total. The van der Waals surface area contributed by atoms with Gasteiger partial charge in [-0.05, 0) is 43.4 Å². The molecule has 1 heterocycles. The number of carbonyl (C=O) groups is 2. The van der Waals surface area contributed by atoms with E-state index in [4.69, 9.17) is 11.6 Å². The van der Waals surface area contributed by atoms with Crippen LogP contribution in [0.15, 0.2) is 18.2 Å². The predicted octanol–water partition coefficient (Wildman–Crippen LogP) is 2.97. The number of benzene rings is 1. The third-order valence-corrected chi connectivity index (χ3v) is 4.60. The van der Waals surface area contributed by atoms with Gasteiger partial charge in [0.25, 0.3) is 0 Å². The summed E-state index contributed by atoms with van der Waals surface area (Å²) in [6.45, 7) is 2.10. The number of aromatic hydroxyl groups is 1. The van der Waals surface area contributed by atoms with E-state index in [-0.39, 0.29) is 35.1 Å². The molecule has 1 aliphatic carbocycles. The fourth-order valence-corrected chi connectivity index (χ4v) is 3.47. The van der Waals surface area contributed by atoms with E-state index in [1.54, 1.807) is 0 Å². The molecule has 0 spiro atoms. The number of halogens is 1. The average Bonchev–Trinajstić information content (AvgIpc) is 2.65. The smallest absolute Gasteiger partial charge is 0.237 e. The molecule has 1 saturated heterocycles. The van der Waals surface area contributed by atoms with Gasteiger partial charge in [-0.2, -0.15) is 0 Å². The number of hydrogen-bond acceptors (Lipinski definition) is 3. The molecular formula is C15H16ClNO3. The lowest BCUT2D eigenvalue weighted by Gasteiger charge is -2.25. The van der Waals surface area contributed by atoms with E-state index in [0.29, 0.717) is 10.9 Å². The van der Waals surface area contributed by atoms with Crippen LogP contribution in [-0.4, -0.2) is 16.9 Å². The molecule has 3 rings (SSSR count). The average molecular weight is 294 g/mol. The molecule has 2 aliphatic rings. The number of imide groups is 1. The summed E-state index contributed by atoms with van der Waals surface area (Å²) < 4.78 is 0. The molecule has 2 fully saturated rings. The molecule has 1 saturated carbocycles. The number of phenolic OH excluding ortho intramolecular Hbond substituents is 1. The van der Waals surface area contributed by atoms with E-state index in [0.717, 1.165) is 24.2 Å². The molecule has 2 amide bonds. The van der Waals surface area contributed by atoms with Gasteiger partial charge in [0.2, 0.25) is 11.8 Å². The lowest BCUT2D eigenvalue weighted by Crippen LogP contribution is -2.30. The Balaban J connectivity index is 2.00. The van der Waals surface area contributed by atoms with Crippen LogP contribution in [0.2, 0.25) is 5.02 Å². The van der Waals surface area contributed by atoms with Crippen LogP contribution in [0.3, 0.4) is 0 Å². The Hall–Kier alpha value is -1.55. The van der Waals surface area contributed by atoms with Gasteiger partial charge in [-0.3, -0.25) is 9.59 Å². The number of hydrogen-bond donors (Lipinski definition) is 1. The zero-order chi connectivity index (χ0) is 14.4. The Morgan fingerprint density at radius 2 is 1.90 bits per heavy atom. The number of anilines is 1. The van der Waals surface area contributed by atoms with Crippen molar-refractivity contribution in [1.29, 1.82) is 0 Å². The molecule has 4 nitrogen and oxygen atoms in total. The highest BCUT2D eigenvalue weighted by Gasteiger charge is 2.50. The van der Waals surface area contributed by atoms with E-state index in [9.17, 15) is 14.7 Å². The number of rotatable bonds is 1. The largest absolute Gasteiger partial charge is 0.506 e.